The molecule has 0 fully saturated rings. The fourth-order valence-electron chi connectivity index (χ4n) is 1.34. The third kappa shape index (κ3) is 32.4. The molecule has 0 rings (SSSR count). The summed E-state index contributed by atoms with van der Waals surface area (Å²) in [7, 11) is 0.892. The Morgan fingerprint density at radius 2 is 0.632 bits per heavy atom. The minimum atomic E-state index is 0. The normalized spacial score (nSPS) is 8.00. The Bertz CT molecular complexity index is 97.0. The molecule has 0 aliphatic heterocycles. The molecular formula is C14H34O2P2Pt. The first-order valence-electron chi connectivity index (χ1n) is 6.72. The Balaban J connectivity index is -0.0000000522. The second kappa shape index (κ2) is 36.4. The van der Waals surface area contributed by atoms with Crippen molar-refractivity contribution in [2.75, 3.05) is 37.0 Å². The van der Waals surface area contributed by atoms with Crippen LogP contribution in [0.4, 0.5) is 0 Å². The molecule has 0 heterocycles. The minimum absolute atomic E-state index is 0. The Morgan fingerprint density at radius 1 is 0.526 bits per heavy atom. The van der Waals surface area contributed by atoms with E-state index in [4.69, 9.17) is 9.59 Å². The van der Waals surface area contributed by atoms with E-state index in [1.165, 1.54) is 37.0 Å². The second-order valence-corrected chi connectivity index (χ2v) is 9.72. The molecule has 0 N–H and O–H groups in total. The molecule has 0 bridgehead atoms. The van der Waals surface area contributed by atoms with E-state index in [0.717, 1.165) is 0 Å². The van der Waals surface area contributed by atoms with Crippen molar-refractivity contribution in [3.63, 3.8) is 0 Å². The molecule has 0 spiro atoms. The average Bonchev–Trinajstić information content (AvgIpc) is 2.48. The number of hydrogen-bond acceptors (Lipinski definition) is 2. The van der Waals surface area contributed by atoms with Gasteiger partial charge in [-0.3, -0.25) is 0 Å². The van der Waals surface area contributed by atoms with Gasteiger partial charge in [-0.15, -0.1) is 15.8 Å². The fraction of sp³-hybridized carbons (Fsp3) is 0.857. The number of rotatable bonds is 6. The molecule has 0 aromatic heterocycles. The molecule has 0 saturated carbocycles. The van der Waals surface area contributed by atoms with Crippen molar-refractivity contribution in [1.82, 2.24) is 0 Å². The van der Waals surface area contributed by atoms with E-state index in [0.29, 0.717) is 15.8 Å². The van der Waals surface area contributed by atoms with Crippen LogP contribution in [-0.2, 0) is 30.7 Å². The van der Waals surface area contributed by atoms with Crippen LogP contribution in [0.15, 0.2) is 0 Å². The molecule has 0 aliphatic carbocycles. The Kier molecular flexibility index (Phi) is 61.3. The number of hydrogen-bond donors (Lipinski definition) is 0. The van der Waals surface area contributed by atoms with Gasteiger partial charge in [-0.2, -0.15) is 0 Å². The fourth-order valence-corrected chi connectivity index (χ4v) is 4.02. The van der Waals surface area contributed by atoms with Gasteiger partial charge in [-0.25, -0.2) is 0 Å². The molecule has 0 radical (unpaired) electrons. The van der Waals surface area contributed by atoms with Gasteiger partial charge >= 0.3 is 0 Å². The van der Waals surface area contributed by atoms with Crippen LogP contribution in [0.2, 0.25) is 0 Å². The maximum absolute atomic E-state index is 8.00. The summed E-state index contributed by atoms with van der Waals surface area (Å²) >= 11 is 0. The van der Waals surface area contributed by atoms with E-state index >= 15 is 0 Å². The van der Waals surface area contributed by atoms with E-state index < -0.39 is 0 Å². The van der Waals surface area contributed by atoms with Gasteiger partial charge in [0.05, 0.1) is 0 Å². The SMILES string of the molecule is C=O.C=O.CCP(CC)CC.CCP(CC)CC.[Pt]. The van der Waals surface area contributed by atoms with E-state index in [1.807, 2.05) is 13.6 Å². The molecule has 0 aromatic carbocycles. The maximum Gasteiger partial charge on any atom is 0.106 e. The summed E-state index contributed by atoms with van der Waals surface area (Å²) in [5.41, 5.74) is 0. The van der Waals surface area contributed by atoms with E-state index in [1.54, 1.807) is 0 Å². The Hall–Kier alpha value is 0.888. The van der Waals surface area contributed by atoms with Gasteiger partial charge in [0.1, 0.15) is 13.6 Å². The average molecular weight is 491 g/mol. The van der Waals surface area contributed by atoms with Crippen molar-refractivity contribution in [3.8, 4) is 0 Å². The van der Waals surface area contributed by atoms with Gasteiger partial charge in [0.2, 0.25) is 0 Å². The zero-order valence-corrected chi connectivity index (χ0v) is 17.7. The predicted octanol–water partition coefficient (Wildman–Crippen LogP) is 4.68. The summed E-state index contributed by atoms with van der Waals surface area (Å²) in [4.78, 5) is 16.0. The zero-order chi connectivity index (χ0) is 15.4. The quantitative estimate of drug-likeness (QED) is 0.506. The molecule has 5 heteroatoms. The number of carbonyl (C=O) groups excluding carboxylic acids is 2. The summed E-state index contributed by atoms with van der Waals surface area (Å²) in [6.45, 7) is 17.7. The van der Waals surface area contributed by atoms with Crippen LogP contribution in [0.3, 0.4) is 0 Å². The van der Waals surface area contributed by atoms with Gasteiger partial charge in [-0.05, 0) is 37.0 Å². The second-order valence-electron chi connectivity index (χ2n) is 3.24. The van der Waals surface area contributed by atoms with Crippen LogP contribution in [-0.4, -0.2) is 50.5 Å². The smallest absolute Gasteiger partial charge is 0.106 e. The molecule has 0 unspecified atom stereocenters. The van der Waals surface area contributed by atoms with E-state index in [-0.39, 0.29) is 21.1 Å². The third-order valence-corrected chi connectivity index (χ3v) is 8.05. The van der Waals surface area contributed by atoms with Gasteiger partial charge < -0.3 is 9.59 Å². The molecule has 0 amide bonds. The summed E-state index contributed by atoms with van der Waals surface area (Å²) in [6.07, 6.45) is 8.51. The molecule has 0 aliphatic rings. The van der Waals surface area contributed by atoms with Crippen LogP contribution in [0, 0.1) is 0 Å². The maximum atomic E-state index is 8.00. The molecule has 0 saturated heterocycles. The van der Waals surface area contributed by atoms with Crippen molar-refractivity contribution < 1.29 is 30.7 Å². The van der Waals surface area contributed by atoms with Crippen molar-refractivity contribution in [2.24, 2.45) is 0 Å². The first-order chi connectivity index (χ1) is 8.69. The molecule has 0 atom stereocenters. The minimum Gasteiger partial charge on any atom is -0.307 e. The third-order valence-electron chi connectivity index (χ3n) is 2.68. The summed E-state index contributed by atoms with van der Waals surface area (Å²) in [5.74, 6) is 0. The van der Waals surface area contributed by atoms with E-state index in [9.17, 15) is 0 Å². The van der Waals surface area contributed by atoms with Crippen molar-refractivity contribution in [3.05, 3.63) is 0 Å². The molecule has 0 aromatic rings. The first-order valence-corrected chi connectivity index (χ1v) is 10.5. The standard InChI is InChI=1S/2C6H15P.2CH2O.Pt/c2*1-4-7(5-2)6-3;2*1-2;/h2*4-6H2,1-3H3;2*1H2;. The number of carbonyl (C=O) groups is 2. The van der Waals surface area contributed by atoms with Gasteiger partial charge in [-0.1, -0.05) is 41.5 Å². The Labute approximate surface area is 138 Å². The predicted molar refractivity (Wildman–Crippen MR) is 91.3 cm³/mol. The van der Waals surface area contributed by atoms with Crippen LogP contribution < -0.4 is 0 Å². The van der Waals surface area contributed by atoms with Crippen LogP contribution in [0.5, 0.6) is 0 Å². The van der Waals surface area contributed by atoms with Gasteiger partial charge in [0.25, 0.3) is 0 Å². The molecule has 122 valence electrons. The van der Waals surface area contributed by atoms with E-state index in [2.05, 4.69) is 41.5 Å². The summed E-state index contributed by atoms with van der Waals surface area (Å²) in [5, 5.41) is 0. The van der Waals surface area contributed by atoms with Crippen molar-refractivity contribution in [1.29, 1.82) is 0 Å². The summed E-state index contributed by atoms with van der Waals surface area (Å²) < 4.78 is 0. The molecular weight excluding hydrogens is 457 g/mol. The summed E-state index contributed by atoms with van der Waals surface area (Å²) in [6, 6.07) is 0. The van der Waals surface area contributed by atoms with Crippen LogP contribution in [0.25, 0.3) is 0 Å². The largest absolute Gasteiger partial charge is 0.307 e. The van der Waals surface area contributed by atoms with Gasteiger partial charge in [0, 0.05) is 21.1 Å². The van der Waals surface area contributed by atoms with Crippen molar-refractivity contribution in [2.45, 2.75) is 41.5 Å². The van der Waals surface area contributed by atoms with Gasteiger partial charge in [0.15, 0.2) is 0 Å². The Morgan fingerprint density at radius 3 is 0.632 bits per heavy atom. The topological polar surface area (TPSA) is 34.1 Å². The monoisotopic (exact) mass is 491 g/mol. The van der Waals surface area contributed by atoms with Crippen LogP contribution in [0.1, 0.15) is 41.5 Å². The molecule has 19 heavy (non-hydrogen) atoms. The van der Waals surface area contributed by atoms with Crippen molar-refractivity contribution >= 4 is 29.4 Å². The first kappa shape index (κ1) is 32.0. The molecule has 2 nitrogen and oxygen atoms in total. The zero-order valence-electron chi connectivity index (χ0n) is 13.7. The van der Waals surface area contributed by atoms with Crippen LogP contribution >= 0.6 is 15.8 Å².